The molecule has 0 nitrogen and oxygen atoms in total. The van der Waals surface area contributed by atoms with E-state index in [1.807, 2.05) is 0 Å². The Morgan fingerprint density at radius 3 is 1.77 bits per heavy atom. The Morgan fingerprint density at radius 1 is 0.846 bits per heavy atom. The number of allylic oxidation sites excluding steroid dienone is 8. The van der Waals surface area contributed by atoms with Gasteiger partial charge in [0, 0.05) is 0 Å². The summed E-state index contributed by atoms with van der Waals surface area (Å²) in [5, 5.41) is 0. The molecule has 3 heteroatoms. The van der Waals surface area contributed by atoms with Crippen LogP contribution in [0.2, 0.25) is 0 Å². The molecule has 0 amide bonds. The van der Waals surface area contributed by atoms with Gasteiger partial charge in [0.2, 0.25) is 0 Å². The molecule has 2 aliphatic carbocycles. The van der Waals surface area contributed by atoms with Crippen molar-refractivity contribution in [1.29, 1.82) is 0 Å². The van der Waals surface area contributed by atoms with Crippen molar-refractivity contribution in [2.24, 2.45) is 0 Å². The van der Waals surface area contributed by atoms with E-state index in [4.69, 9.17) is 0 Å². The van der Waals surface area contributed by atoms with E-state index in [9.17, 15) is 0 Å². The predicted octanol–water partition coefficient (Wildman–Crippen LogP) is 1.62. The summed E-state index contributed by atoms with van der Waals surface area (Å²) in [6.07, 6.45) is 16.1. The number of rotatable bonds is 4. The van der Waals surface area contributed by atoms with E-state index in [0.717, 1.165) is 37.6 Å². The second-order valence-corrected chi connectivity index (χ2v) is 18.8. The van der Waals surface area contributed by atoms with Crippen LogP contribution in [-0.2, 0) is 0 Å². The first-order chi connectivity index (χ1) is 6.45. The first kappa shape index (κ1) is 10.1. The third kappa shape index (κ3) is 3.29. The van der Waals surface area contributed by atoms with Gasteiger partial charge in [-0.3, -0.25) is 0 Å². The molecule has 0 N–H and O–H groups in total. The average molecular weight is 367 g/mol. The van der Waals surface area contributed by atoms with E-state index in [1.165, 1.54) is 12.8 Å². The fourth-order valence-electron chi connectivity index (χ4n) is 1.08. The van der Waals surface area contributed by atoms with Crippen molar-refractivity contribution in [2.45, 2.75) is 12.8 Å². The van der Waals surface area contributed by atoms with Gasteiger partial charge in [-0.2, -0.15) is 0 Å². The molecule has 0 aromatic carbocycles. The molecule has 2 rings (SSSR count). The van der Waals surface area contributed by atoms with Crippen LogP contribution in [0.3, 0.4) is 0 Å². The molecule has 0 aliphatic heterocycles. The van der Waals surface area contributed by atoms with Crippen molar-refractivity contribution in [3.8, 4) is 0 Å². The van der Waals surface area contributed by atoms with Gasteiger partial charge < -0.3 is 0 Å². The summed E-state index contributed by atoms with van der Waals surface area (Å²) < 4.78 is 3.42. The van der Waals surface area contributed by atoms with Crippen molar-refractivity contribution in [3.63, 3.8) is 0 Å². The van der Waals surface area contributed by atoms with Gasteiger partial charge >= 0.3 is 95.8 Å². The van der Waals surface area contributed by atoms with Gasteiger partial charge in [-0.05, 0) is 0 Å². The van der Waals surface area contributed by atoms with Crippen LogP contribution in [0.4, 0.5) is 0 Å². The predicted molar refractivity (Wildman–Crippen MR) is 60.9 cm³/mol. The van der Waals surface area contributed by atoms with E-state index in [1.54, 1.807) is 8.94 Å². The fourth-order valence-corrected chi connectivity index (χ4v) is 19.6. The number of hydrogen-bond acceptors (Lipinski definition) is 0. The monoisotopic (exact) mass is 370 g/mol. The third-order valence-corrected chi connectivity index (χ3v) is 18.1. The van der Waals surface area contributed by atoms with Crippen LogP contribution < -0.4 is 0 Å². The van der Waals surface area contributed by atoms with E-state index in [2.05, 4.69) is 36.5 Å². The Balaban J connectivity index is 1.64. The Morgan fingerprint density at radius 2 is 1.38 bits per heavy atom. The first-order valence-electron chi connectivity index (χ1n) is 4.18. The zero-order valence-corrected chi connectivity index (χ0v) is 12.2. The maximum atomic E-state index is 2.32. The Kier molecular flexibility index (Phi) is 4.18. The topological polar surface area (TPSA) is 0 Å². The van der Waals surface area contributed by atoms with E-state index < -0.39 is 0 Å². The number of hydrogen-bond donors (Lipinski definition) is 0. The van der Waals surface area contributed by atoms with Crippen molar-refractivity contribution in [3.05, 3.63) is 45.4 Å². The van der Waals surface area contributed by atoms with Gasteiger partial charge in [-0.25, -0.2) is 0 Å². The molecule has 13 heavy (non-hydrogen) atoms. The zero-order valence-electron chi connectivity index (χ0n) is 7.10. The van der Waals surface area contributed by atoms with Gasteiger partial charge in [0.05, 0.1) is 0 Å². The summed E-state index contributed by atoms with van der Waals surface area (Å²) in [5.74, 6) is 0. The summed E-state index contributed by atoms with van der Waals surface area (Å²) in [4.78, 5) is 0. The zero-order chi connectivity index (χ0) is 8.93. The molecule has 0 saturated carbocycles. The van der Waals surface area contributed by atoms with Crippen LogP contribution in [0.25, 0.3) is 0 Å². The molecular weight excluding hydrogens is 357 g/mol. The van der Waals surface area contributed by atoms with Gasteiger partial charge in [0.25, 0.3) is 0 Å². The van der Waals surface area contributed by atoms with Gasteiger partial charge in [-0.15, -0.1) is 0 Å². The Labute approximate surface area is 95.2 Å². The van der Waals surface area contributed by atoms with Crippen LogP contribution in [0.5, 0.6) is 0 Å². The minimum absolute atomic E-state index is 0.833. The van der Waals surface area contributed by atoms with Crippen molar-refractivity contribution in [2.75, 3.05) is 0 Å². The van der Waals surface area contributed by atoms with Crippen LogP contribution in [0, 0.1) is 0 Å². The Bertz CT molecular complexity index is 267. The quantitative estimate of drug-likeness (QED) is 0.663. The van der Waals surface area contributed by atoms with Gasteiger partial charge in [-0.1, -0.05) is 0 Å². The summed E-state index contributed by atoms with van der Waals surface area (Å²) in [6, 6.07) is 0. The van der Waals surface area contributed by atoms with E-state index in [-0.39, 0.29) is 0 Å². The van der Waals surface area contributed by atoms with Crippen LogP contribution in [-0.4, -0.2) is 37.6 Å². The molecule has 0 bridgehead atoms. The summed E-state index contributed by atoms with van der Waals surface area (Å²) >= 11 is 2.58. The summed E-state index contributed by atoms with van der Waals surface area (Å²) in [6.45, 7) is 0. The van der Waals surface area contributed by atoms with Crippen molar-refractivity contribution in [1.82, 2.24) is 0 Å². The SMILES string of the molecule is C1=CCC([Se][Se][Se]C2=CC=CC2)=C1. The summed E-state index contributed by atoms with van der Waals surface area (Å²) in [7, 11) is 0. The van der Waals surface area contributed by atoms with E-state index >= 15 is 0 Å². The minimum atomic E-state index is 0.833. The molecule has 0 aromatic rings. The molecule has 0 saturated heterocycles. The molecule has 0 unspecified atom stereocenters. The van der Waals surface area contributed by atoms with Crippen molar-refractivity contribution < 1.29 is 0 Å². The van der Waals surface area contributed by atoms with Crippen LogP contribution in [0.1, 0.15) is 12.8 Å². The molecule has 0 atom stereocenters. The van der Waals surface area contributed by atoms with Gasteiger partial charge in [0.15, 0.2) is 0 Å². The maximum absolute atomic E-state index is 2.32. The molecule has 0 heterocycles. The standard InChI is InChI=1S/C10H10Se3/c1-2-6-9(5-1)11-13-12-10-7-3-4-8-10/h1-5,7H,6,8H2. The molecule has 0 aromatic heterocycles. The van der Waals surface area contributed by atoms with Gasteiger partial charge in [0.1, 0.15) is 0 Å². The summed E-state index contributed by atoms with van der Waals surface area (Å²) in [5.41, 5.74) is 0. The third-order valence-electron chi connectivity index (χ3n) is 1.76. The second kappa shape index (κ2) is 5.41. The normalized spacial score (nSPS) is 19.4. The molecular formula is C10H10Se3. The molecule has 0 radical (unpaired) electrons. The molecule has 0 spiro atoms. The first-order valence-corrected chi connectivity index (χ1v) is 14.6. The van der Waals surface area contributed by atoms with E-state index in [0.29, 0.717) is 0 Å². The fraction of sp³-hybridized carbons (Fsp3) is 0.200. The Hall–Kier alpha value is 0.518. The molecule has 68 valence electrons. The average Bonchev–Trinajstić information content (AvgIpc) is 2.75. The molecule has 2 aliphatic rings. The second-order valence-electron chi connectivity index (χ2n) is 2.77. The molecule has 0 fully saturated rings. The van der Waals surface area contributed by atoms with Crippen LogP contribution in [0.15, 0.2) is 45.4 Å². The van der Waals surface area contributed by atoms with Crippen LogP contribution >= 0.6 is 0 Å². The van der Waals surface area contributed by atoms with Crippen molar-refractivity contribution >= 4 is 37.6 Å².